The molecule has 1 aliphatic rings. The van der Waals surface area contributed by atoms with E-state index in [4.69, 9.17) is 0 Å². The largest absolute Gasteiger partial charge is 0.299 e. The number of hydrogen-bond acceptors (Lipinski definition) is 3. The first kappa shape index (κ1) is 13.2. The van der Waals surface area contributed by atoms with E-state index in [1.54, 1.807) is 6.33 Å². The van der Waals surface area contributed by atoms with Gasteiger partial charge in [-0.2, -0.15) is 5.10 Å². The van der Waals surface area contributed by atoms with Crippen LogP contribution >= 0.6 is 0 Å². The zero-order chi connectivity index (χ0) is 13.1. The minimum Gasteiger partial charge on any atom is -0.299 e. The number of rotatable bonds is 5. The summed E-state index contributed by atoms with van der Waals surface area (Å²) in [6.45, 7) is 7.32. The van der Waals surface area contributed by atoms with Crippen molar-refractivity contribution in [2.45, 2.75) is 53.0 Å². The van der Waals surface area contributed by atoms with Crippen LogP contribution in [-0.2, 0) is 17.8 Å². The maximum Gasteiger partial charge on any atom is 0.143 e. The fourth-order valence-electron chi connectivity index (χ4n) is 2.83. The zero-order valence-electron chi connectivity index (χ0n) is 11.6. The van der Waals surface area contributed by atoms with Crippen molar-refractivity contribution in [3.05, 3.63) is 12.2 Å². The number of nitrogens with zero attached hydrogens (tertiary/aromatic N) is 3. The summed E-state index contributed by atoms with van der Waals surface area (Å²) in [7, 11) is 0. The lowest BCUT2D eigenvalue weighted by Gasteiger charge is -2.14. The molecule has 0 aliphatic heterocycles. The maximum absolute atomic E-state index is 12.3. The van der Waals surface area contributed by atoms with Gasteiger partial charge in [0.2, 0.25) is 0 Å². The van der Waals surface area contributed by atoms with E-state index in [1.165, 1.54) is 12.8 Å². The number of aromatic nitrogens is 3. The van der Waals surface area contributed by atoms with Gasteiger partial charge in [0.1, 0.15) is 17.9 Å². The summed E-state index contributed by atoms with van der Waals surface area (Å²) >= 11 is 0. The molecule has 1 fully saturated rings. The van der Waals surface area contributed by atoms with Gasteiger partial charge in [0.25, 0.3) is 0 Å². The monoisotopic (exact) mass is 249 g/mol. The minimum absolute atomic E-state index is 0.245. The Morgan fingerprint density at radius 2 is 2.28 bits per heavy atom. The van der Waals surface area contributed by atoms with Crippen molar-refractivity contribution in [1.82, 2.24) is 14.8 Å². The van der Waals surface area contributed by atoms with Gasteiger partial charge in [0.05, 0.1) is 6.42 Å². The topological polar surface area (TPSA) is 47.8 Å². The van der Waals surface area contributed by atoms with Crippen molar-refractivity contribution < 1.29 is 4.79 Å². The molecule has 1 heterocycles. The summed E-state index contributed by atoms with van der Waals surface area (Å²) in [6, 6.07) is 0. The Kier molecular flexibility index (Phi) is 4.15. The van der Waals surface area contributed by atoms with Crippen LogP contribution in [0.2, 0.25) is 0 Å². The first-order valence-corrected chi connectivity index (χ1v) is 6.97. The first-order chi connectivity index (χ1) is 8.58. The third-order valence-corrected chi connectivity index (χ3v) is 3.84. The molecule has 4 nitrogen and oxygen atoms in total. The van der Waals surface area contributed by atoms with Crippen molar-refractivity contribution in [2.75, 3.05) is 0 Å². The molecule has 18 heavy (non-hydrogen) atoms. The van der Waals surface area contributed by atoms with E-state index in [9.17, 15) is 4.79 Å². The summed E-state index contributed by atoms with van der Waals surface area (Å²) in [5, 5.41) is 4.21. The van der Waals surface area contributed by atoms with Crippen LogP contribution in [0.1, 0.15) is 45.9 Å². The van der Waals surface area contributed by atoms with Crippen LogP contribution in [0, 0.1) is 17.8 Å². The third kappa shape index (κ3) is 2.98. The molecule has 1 aromatic rings. The molecular formula is C14H23N3O. The summed E-state index contributed by atoms with van der Waals surface area (Å²) in [4.78, 5) is 16.5. The predicted molar refractivity (Wildman–Crippen MR) is 70.1 cm³/mol. The van der Waals surface area contributed by atoms with Crippen LogP contribution in [0.25, 0.3) is 0 Å². The van der Waals surface area contributed by atoms with E-state index in [1.807, 2.05) is 4.68 Å². The average molecular weight is 249 g/mol. The third-order valence-electron chi connectivity index (χ3n) is 3.84. The van der Waals surface area contributed by atoms with Crippen LogP contribution < -0.4 is 0 Å². The van der Waals surface area contributed by atoms with Crippen LogP contribution in [0.4, 0.5) is 0 Å². The Hall–Kier alpha value is -1.19. The quantitative estimate of drug-likeness (QED) is 0.805. The average Bonchev–Trinajstić information content (AvgIpc) is 2.88. The number of carbonyl (C=O) groups is 1. The highest BCUT2D eigenvalue weighted by molar-refractivity contribution is 5.83. The fraction of sp³-hybridized carbons (Fsp3) is 0.786. The Labute approximate surface area is 109 Å². The number of carbonyl (C=O) groups excluding carboxylic acids is 1. The van der Waals surface area contributed by atoms with Gasteiger partial charge in [-0.05, 0) is 24.7 Å². The normalized spacial score (nSPS) is 23.8. The molecule has 0 spiro atoms. The second-order valence-electron chi connectivity index (χ2n) is 5.91. The van der Waals surface area contributed by atoms with E-state index in [-0.39, 0.29) is 5.92 Å². The van der Waals surface area contributed by atoms with Crippen LogP contribution in [0.5, 0.6) is 0 Å². The van der Waals surface area contributed by atoms with Gasteiger partial charge >= 0.3 is 0 Å². The number of ketones is 1. The molecule has 100 valence electrons. The Balaban J connectivity index is 2.00. The van der Waals surface area contributed by atoms with E-state index >= 15 is 0 Å². The molecular weight excluding hydrogens is 226 g/mol. The maximum atomic E-state index is 12.3. The fourth-order valence-corrected chi connectivity index (χ4v) is 2.83. The van der Waals surface area contributed by atoms with E-state index in [0.717, 1.165) is 18.8 Å². The molecule has 2 rings (SSSR count). The lowest BCUT2D eigenvalue weighted by molar-refractivity contribution is -0.123. The molecule has 1 aromatic heterocycles. The molecule has 0 bridgehead atoms. The van der Waals surface area contributed by atoms with Crippen LogP contribution in [0.3, 0.4) is 0 Å². The Morgan fingerprint density at radius 3 is 2.89 bits per heavy atom. The van der Waals surface area contributed by atoms with Gasteiger partial charge in [-0.15, -0.1) is 0 Å². The second-order valence-corrected chi connectivity index (χ2v) is 5.91. The summed E-state index contributed by atoms with van der Waals surface area (Å²) < 4.78 is 1.88. The molecule has 0 amide bonds. The molecule has 1 aliphatic carbocycles. The lowest BCUT2D eigenvalue weighted by atomic mass is 9.92. The van der Waals surface area contributed by atoms with Crippen molar-refractivity contribution in [3.8, 4) is 0 Å². The van der Waals surface area contributed by atoms with Gasteiger partial charge < -0.3 is 0 Å². The molecule has 0 N–H and O–H groups in total. The molecule has 0 aromatic carbocycles. The molecule has 4 heteroatoms. The standard InChI is InChI=1S/C14H23N3O/c1-10(2)8-17-14(15-9-16-17)7-13(18)12-6-4-5-11(12)3/h9-12H,4-8H2,1-3H3. The Bertz CT molecular complexity index is 411. The molecule has 2 unspecified atom stereocenters. The van der Waals surface area contributed by atoms with E-state index in [2.05, 4.69) is 30.9 Å². The summed E-state index contributed by atoms with van der Waals surface area (Å²) in [5.41, 5.74) is 0. The smallest absolute Gasteiger partial charge is 0.143 e. The highest BCUT2D eigenvalue weighted by Gasteiger charge is 2.30. The summed E-state index contributed by atoms with van der Waals surface area (Å²) in [6.07, 6.45) is 5.44. The lowest BCUT2D eigenvalue weighted by Crippen LogP contribution is -2.22. The van der Waals surface area contributed by atoms with Crippen molar-refractivity contribution in [3.63, 3.8) is 0 Å². The van der Waals surface area contributed by atoms with E-state index in [0.29, 0.717) is 24.0 Å². The van der Waals surface area contributed by atoms with Crippen molar-refractivity contribution in [1.29, 1.82) is 0 Å². The minimum atomic E-state index is 0.245. The predicted octanol–water partition coefficient (Wildman–Crippen LogP) is 2.48. The second kappa shape index (κ2) is 5.63. The zero-order valence-corrected chi connectivity index (χ0v) is 11.6. The number of Topliss-reactive ketones (excluding diaryl/α,β-unsaturated/α-hetero) is 1. The molecule has 2 atom stereocenters. The van der Waals surface area contributed by atoms with Gasteiger partial charge in [-0.1, -0.05) is 27.2 Å². The SMILES string of the molecule is CC(C)Cn1ncnc1CC(=O)C1CCCC1C. The highest BCUT2D eigenvalue weighted by Crippen LogP contribution is 2.32. The van der Waals surface area contributed by atoms with Gasteiger partial charge in [0.15, 0.2) is 0 Å². The van der Waals surface area contributed by atoms with E-state index < -0.39 is 0 Å². The molecule has 1 saturated carbocycles. The first-order valence-electron chi connectivity index (χ1n) is 6.97. The van der Waals surface area contributed by atoms with Crippen LogP contribution in [-0.4, -0.2) is 20.5 Å². The van der Waals surface area contributed by atoms with Gasteiger partial charge in [-0.25, -0.2) is 9.67 Å². The van der Waals surface area contributed by atoms with Crippen molar-refractivity contribution >= 4 is 5.78 Å². The van der Waals surface area contributed by atoms with Gasteiger partial charge in [0, 0.05) is 12.5 Å². The number of hydrogen-bond donors (Lipinski definition) is 0. The molecule has 0 saturated heterocycles. The van der Waals surface area contributed by atoms with Crippen LogP contribution in [0.15, 0.2) is 6.33 Å². The van der Waals surface area contributed by atoms with Crippen molar-refractivity contribution in [2.24, 2.45) is 17.8 Å². The summed E-state index contributed by atoms with van der Waals surface area (Å²) in [5.74, 6) is 2.48. The Morgan fingerprint density at radius 1 is 1.50 bits per heavy atom. The van der Waals surface area contributed by atoms with Gasteiger partial charge in [-0.3, -0.25) is 4.79 Å². The molecule has 0 radical (unpaired) electrons. The highest BCUT2D eigenvalue weighted by atomic mass is 16.1.